The molecule has 0 bridgehead atoms. The molecule has 6 heteroatoms. The summed E-state index contributed by atoms with van der Waals surface area (Å²) in [5.41, 5.74) is 0.450. The molecule has 1 aromatic rings. The zero-order valence-electron chi connectivity index (χ0n) is 11.1. The lowest BCUT2D eigenvalue weighted by Gasteiger charge is -2.10. The number of hydrogen-bond donors (Lipinski definition) is 1. The van der Waals surface area contributed by atoms with E-state index in [4.69, 9.17) is 10.00 Å². The van der Waals surface area contributed by atoms with Gasteiger partial charge in [0.2, 0.25) is 0 Å². The first-order valence-electron chi connectivity index (χ1n) is 5.96. The summed E-state index contributed by atoms with van der Waals surface area (Å²) in [6, 6.07) is 7.90. The smallest absolute Gasteiger partial charge is 0.179 e. The van der Waals surface area contributed by atoms with Crippen LogP contribution in [0.15, 0.2) is 29.2 Å². The van der Waals surface area contributed by atoms with Crippen LogP contribution in [-0.2, 0) is 14.6 Å². The summed E-state index contributed by atoms with van der Waals surface area (Å²) in [6.45, 7) is 2.89. The minimum absolute atomic E-state index is 0.0231. The van der Waals surface area contributed by atoms with E-state index in [1.807, 2.05) is 13.0 Å². The topological polar surface area (TPSA) is 79.2 Å². The maximum Gasteiger partial charge on any atom is 0.179 e. The van der Waals surface area contributed by atoms with Crippen molar-refractivity contribution < 1.29 is 13.2 Å². The number of hydrogen-bond acceptors (Lipinski definition) is 5. The predicted molar refractivity (Wildman–Crippen MR) is 72.6 cm³/mol. The Hall–Kier alpha value is -1.42. The second-order valence-corrected chi connectivity index (χ2v) is 6.31. The largest absolute Gasteiger partial charge is 0.380 e. The van der Waals surface area contributed by atoms with Gasteiger partial charge >= 0.3 is 0 Å². The second kappa shape index (κ2) is 7.24. The van der Waals surface area contributed by atoms with Crippen LogP contribution >= 0.6 is 0 Å². The zero-order valence-corrected chi connectivity index (χ0v) is 11.9. The first-order chi connectivity index (χ1) is 8.99. The van der Waals surface area contributed by atoms with Crippen molar-refractivity contribution in [3.05, 3.63) is 29.8 Å². The Morgan fingerprint density at radius 3 is 2.53 bits per heavy atom. The summed E-state index contributed by atoms with van der Waals surface area (Å²) < 4.78 is 29.0. The molecule has 0 heterocycles. The first kappa shape index (κ1) is 15.6. The van der Waals surface area contributed by atoms with Crippen molar-refractivity contribution in [1.82, 2.24) is 5.32 Å². The SMILES string of the molecule is COC(C)CNCCS(=O)(=O)c1ccc(C#N)cc1. The van der Waals surface area contributed by atoms with Gasteiger partial charge in [0, 0.05) is 20.2 Å². The molecule has 0 amide bonds. The van der Waals surface area contributed by atoms with Gasteiger partial charge in [-0.3, -0.25) is 0 Å². The number of benzene rings is 1. The van der Waals surface area contributed by atoms with E-state index in [2.05, 4.69) is 5.32 Å². The highest BCUT2D eigenvalue weighted by Gasteiger charge is 2.13. The van der Waals surface area contributed by atoms with Crippen molar-refractivity contribution in [2.45, 2.75) is 17.9 Å². The van der Waals surface area contributed by atoms with Crippen molar-refractivity contribution in [3.8, 4) is 6.07 Å². The molecule has 19 heavy (non-hydrogen) atoms. The molecule has 1 atom stereocenters. The van der Waals surface area contributed by atoms with Crippen LogP contribution in [0.2, 0.25) is 0 Å². The molecule has 0 saturated heterocycles. The third-order valence-electron chi connectivity index (χ3n) is 2.72. The molecular weight excluding hydrogens is 264 g/mol. The van der Waals surface area contributed by atoms with E-state index in [0.717, 1.165) is 0 Å². The number of nitrogens with zero attached hydrogens (tertiary/aromatic N) is 1. The molecule has 5 nitrogen and oxygen atoms in total. The number of sulfone groups is 1. The molecule has 0 spiro atoms. The maximum absolute atomic E-state index is 12.0. The summed E-state index contributed by atoms with van der Waals surface area (Å²) >= 11 is 0. The van der Waals surface area contributed by atoms with Crippen molar-refractivity contribution in [1.29, 1.82) is 5.26 Å². The standard InChI is InChI=1S/C13H18N2O3S/c1-11(18-2)10-15-7-8-19(16,17)13-5-3-12(9-14)4-6-13/h3-6,11,15H,7-8,10H2,1-2H3. The van der Waals surface area contributed by atoms with E-state index < -0.39 is 9.84 Å². The van der Waals surface area contributed by atoms with Gasteiger partial charge in [0.25, 0.3) is 0 Å². The van der Waals surface area contributed by atoms with Crippen LogP contribution in [0.1, 0.15) is 12.5 Å². The highest BCUT2D eigenvalue weighted by molar-refractivity contribution is 7.91. The molecule has 1 rings (SSSR count). The lowest BCUT2D eigenvalue weighted by Crippen LogP contribution is -2.30. The predicted octanol–water partition coefficient (Wildman–Crippen LogP) is 0.956. The zero-order chi connectivity index (χ0) is 14.3. The van der Waals surface area contributed by atoms with Crippen LogP contribution in [0, 0.1) is 11.3 Å². The van der Waals surface area contributed by atoms with Crippen molar-refractivity contribution >= 4 is 9.84 Å². The van der Waals surface area contributed by atoms with Crippen LogP contribution < -0.4 is 5.32 Å². The fourth-order valence-electron chi connectivity index (χ4n) is 1.45. The molecule has 0 aliphatic rings. The summed E-state index contributed by atoms with van der Waals surface area (Å²) in [5, 5.41) is 11.7. The Kier molecular flexibility index (Phi) is 5.96. The van der Waals surface area contributed by atoms with Crippen molar-refractivity contribution in [2.24, 2.45) is 0 Å². The van der Waals surface area contributed by atoms with Gasteiger partial charge in [-0.2, -0.15) is 5.26 Å². The van der Waals surface area contributed by atoms with E-state index in [9.17, 15) is 8.42 Å². The van der Waals surface area contributed by atoms with Crippen LogP contribution in [-0.4, -0.2) is 40.5 Å². The highest BCUT2D eigenvalue weighted by atomic mass is 32.2. The average molecular weight is 282 g/mol. The normalized spacial score (nSPS) is 12.9. The minimum Gasteiger partial charge on any atom is -0.380 e. The van der Waals surface area contributed by atoms with Crippen LogP contribution in [0.5, 0.6) is 0 Å². The van der Waals surface area contributed by atoms with Crippen molar-refractivity contribution in [3.63, 3.8) is 0 Å². The number of ether oxygens (including phenoxy) is 1. The Morgan fingerprint density at radius 1 is 1.37 bits per heavy atom. The molecule has 0 aliphatic heterocycles. The van der Waals surface area contributed by atoms with Gasteiger partial charge in [-0.1, -0.05) is 0 Å². The molecule has 0 fully saturated rings. The fraction of sp³-hybridized carbons (Fsp3) is 0.462. The third kappa shape index (κ3) is 4.99. The maximum atomic E-state index is 12.0. The fourth-order valence-corrected chi connectivity index (χ4v) is 2.65. The van der Waals surface area contributed by atoms with Gasteiger partial charge in [-0.15, -0.1) is 0 Å². The highest BCUT2D eigenvalue weighted by Crippen LogP contribution is 2.11. The van der Waals surface area contributed by atoms with E-state index in [1.165, 1.54) is 24.3 Å². The van der Waals surface area contributed by atoms with Crippen LogP contribution in [0.4, 0.5) is 0 Å². The Morgan fingerprint density at radius 2 is 2.00 bits per heavy atom. The molecule has 0 aromatic heterocycles. The van der Waals surface area contributed by atoms with Gasteiger partial charge in [0.15, 0.2) is 9.84 Å². The van der Waals surface area contributed by atoms with E-state index in [-0.39, 0.29) is 16.8 Å². The quantitative estimate of drug-likeness (QED) is 0.753. The van der Waals surface area contributed by atoms with E-state index in [0.29, 0.717) is 18.7 Å². The second-order valence-electron chi connectivity index (χ2n) is 4.21. The summed E-state index contributed by atoms with van der Waals surface area (Å²) in [5.74, 6) is 0.0231. The van der Waals surface area contributed by atoms with E-state index in [1.54, 1.807) is 7.11 Å². The van der Waals surface area contributed by atoms with Crippen molar-refractivity contribution in [2.75, 3.05) is 26.0 Å². The first-order valence-corrected chi connectivity index (χ1v) is 7.61. The molecule has 0 radical (unpaired) electrons. The number of methoxy groups -OCH3 is 1. The van der Waals surface area contributed by atoms with Gasteiger partial charge in [-0.05, 0) is 31.2 Å². The number of rotatable bonds is 7. The lowest BCUT2D eigenvalue weighted by atomic mass is 10.2. The van der Waals surface area contributed by atoms with Gasteiger partial charge in [-0.25, -0.2) is 8.42 Å². The molecule has 104 valence electrons. The van der Waals surface area contributed by atoms with E-state index >= 15 is 0 Å². The molecule has 0 aliphatic carbocycles. The monoisotopic (exact) mass is 282 g/mol. The minimum atomic E-state index is -3.30. The Balaban J connectivity index is 2.54. The Bertz CT molecular complexity index is 532. The van der Waals surface area contributed by atoms with Gasteiger partial charge in [0.05, 0.1) is 28.4 Å². The van der Waals surface area contributed by atoms with Gasteiger partial charge in [0.1, 0.15) is 0 Å². The lowest BCUT2D eigenvalue weighted by molar-refractivity contribution is 0.118. The number of nitrogens with one attached hydrogen (secondary N) is 1. The average Bonchev–Trinajstić information content (AvgIpc) is 2.43. The molecule has 0 saturated carbocycles. The molecule has 1 unspecified atom stereocenters. The summed E-state index contributed by atoms with van der Waals surface area (Å²) in [6.07, 6.45) is 0.0533. The third-order valence-corrected chi connectivity index (χ3v) is 4.46. The molecule has 1 N–H and O–H groups in total. The van der Waals surface area contributed by atoms with Gasteiger partial charge < -0.3 is 10.1 Å². The summed E-state index contributed by atoms with van der Waals surface area (Å²) in [4.78, 5) is 0.244. The summed E-state index contributed by atoms with van der Waals surface area (Å²) in [7, 11) is -1.69. The molecular formula is C13H18N2O3S. The number of nitriles is 1. The molecule has 1 aromatic carbocycles. The Labute approximate surface area is 114 Å². The van der Waals surface area contributed by atoms with Crippen LogP contribution in [0.25, 0.3) is 0 Å². The van der Waals surface area contributed by atoms with Crippen LogP contribution in [0.3, 0.4) is 0 Å².